The number of piperidine rings is 1. The molecule has 0 spiro atoms. The molecule has 0 amide bonds. The quantitative estimate of drug-likeness (QED) is 0.797. The zero-order valence-corrected chi connectivity index (χ0v) is 12.5. The van der Waals surface area contributed by atoms with E-state index < -0.39 is 16.0 Å². The molecule has 2 atom stereocenters. The molecule has 2 fully saturated rings. The maximum atomic E-state index is 12.5. The molecule has 2 unspecified atom stereocenters. The van der Waals surface area contributed by atoms with Crippen LogP contribution in [0.5, 0.6) is 0 Å². The van der Waals surface area contributed by atoms with Gasteiger partial charge in [0, 0.05) is 25.6 Å². The predicted octanol–water partition coefficient (Wildman–Crippen LogP) is 1.21. The summed E-state index contributed by atoms with van der Waals surface area (Å²) in [5.74, 6) is -0.830. The second-order valence-electron chi connectivity index (χ2n) is 5.61. The largest absolute Gasteiger partial charge is 0.481 e. The molecule has 0 aromatic rings. The monoisotopic (exact) mass is 305 g/mol. The molecule has 6 nitrogen and oxygen atoms in total. The standard InChI is InChI=1S/C13H23NO5S/c15-13(16)7-6-11-4-1-2-8-14(11)20(17,18)10-12-5-3-9-19-12/h11-12H,1-10H2,(H,15,16). The molecule has 7 heteroatoms. The molecule has 2 heterocycles. The van der Waals surface area contributed by atoms with E-state index in [-0.39, 0.29) is 24.3 Å². The topological polar surface area (TPSA) is 83.9 Å². The van der Waals surface area contributed by atoms with Gasteiger partial charge in [0.05, 0.1) is 11.9 Å². The minimum atomic E-state index is -3.35. The van der Waals surface area contributed by atoms with Crippen molar-refractivity contribution in [2.75, 3.05) is 18.9 Å². The van der Waals surface area contributed by atoms with Crippen LogP contribution < -0.4 is 0 Å². The summed E-state index contributed by atoms with van der Waals surface area (Å²) in [5.41, 5.74) is 0. The molecule has 2 aliphatic heterocycles. The number of carbonyl (C=O) groups is 1. The van der Waals surface area contributed by atoms with Gasteiger partial charge in [0.15, 0.2) is 0 Å². The number of nitrogens with zero attached hydrogens (tertiary/aromatic N) is 1. The molecule has 20 heavy (non-hydrogen) atoms. The van der Waals surface area contributed by atoms with Crippen LogP contribution in [0.3, 0.4) is 0 Å². The number of rotatable bonds is 6. The first-order chi connectivity index (χ1) is 9.49. The summed E-state index contributed by atoms with van der Waals surface area (Å²) in [5, 5.41) is 8.78. The van der Waals surface area contributed by atoms with Crippen LogP contribution in [-0.2, 0) is 19.6 Å². The fourth-order valence-corrected chi connectivity index (χ4v) is 5.02. The van der Waals surface area contributed by atoms with Crippen LogP contribution in [0.2, 0.25) is 0 Å². The highest BCUT2D eigenvalue weighted by Crippen LogP contribution is 2.26. The van der Waals surface area contributed by atoms with E-state index in [1.165, 1.54) is 4.31 Å². The van der Waals surface area contributed by atoms with E-state index in [4.69, 9.17) is 9.84 Å². The third-order valence-corrected chi connectivity index (χ3v) is 6.03. The molecule has 0 radical (unpaired) electrons. The minimum Gasteiger partial charge on any atom is -0.481 e. The lowest BCUT2D eigenvalue weighted by molar-refractivity contribution is -0.137. The summed E-state index contributed by atoms with van der Waals surface area (Å²) in [6.07, 6.45) is 4.54. The summed E-state index contributed by atoms with van der Waals surface area (Å²) in [6.45, 7) is 1.15. The average molecular weight is 305 g/mol. The fourth-order valence-electron chi connectivity index (χ4n) is 3.03. The van der Waals surface area contributed by atoms with Gasteiger partial charge in [-0.05, 0) is 32.1 Å². The Morgan fingerprint density at radius 3 is 2.70 bits per heavy atom. The number of hydrogen-bond donors (Lipinski definition) is 1. The Balaban J connectivity index is 1.99. The lowest BCUT2D eigenvalue weighted by Gasteiger charge is -2.35. The zero-order valence-electron chi connectivity index (χ0n) is 11.7. The van der Waals surface area contributed by atoms with E-state index >= 15 is 0 Å². The Morgan fingerprint density at radius 2 is 2.05 bits per heavy atom. The van der Waals surface area contributed by atoms with Crippen molar-refractivity contribution in [1.82, 2.24) is 4.31 Å². The van der Waals surface area contributed by atoms with Gasteiger partial charge in [0.1, 0.15) is 0 Å². The highest BCUT2D eigenvalue weighted by Gasteiger charge is 2.34. The normalized spacial score (nSPS) is 28.6. The molecule has 0 aliphatic carbocycles. The highest BCUT2D eigenvalue weighted by molar-refractivity contribution is 7.89. The molecule has 116 valence electrons. The van der Waals surface area contributed by atoms with Gasteiger partial charge >= 0.3 is 5.97 Å². The second-order valence-corrected chi connectivity index (χ2v) is 7.57. The smallest absolute Gasteiger partial charge is 0.303 e. The SMILES string of the molecule is O=C(O)CCC1CCCCN1S(=O)(=O)CC1CCCO1. The van der Waals surface area contributed by atoms with Gasteiger partial charge in [0.25, 0.3) is 0 Å². The van der Waals surface area contributed by atoms with E-state index in [2.05, 4.69) is 0 Å². The Hall–Kier alpha value is -0.660. The third-order valence-electron chi connectivity index (χ3n) is 4.04. The predicted molar refractivity (Wildman–Crippen MR) is 74.0 cm³/mol. The second kappa shape index (κ2) is 6.87. The zero-order chi connectivity index (χ0) is 14.6. The third kappa shape index (κ3) is 4.17. The minimum absolute atomic E-state index is 0.0244. The number of carboxylic acids is 1. The van der Waals surface area contributed by atoms with Gasteiger partial charge in [0.2, 0.25) is 10.0 Å². The molecule has 0 aromatic heterocycles. The van der Waals surface area contributed by atoms with Crippen molar-refractivity contribution in [2.24, 2.45) is 0 Å². The van der Waals surface area contributed by atoms with Gasteiger partial charge in [-0.25, -0.2) is 8.42 Å². The first-order valence-electron chi connectivity index (χ1n) is 7.32. The van der Waals surface area contributed by atoms with Gasteiger partial charge in [-0.1, -0.05) is 6.42 Å². The number of ether oxygens (including phenoxy) is 1. The van der Waals surface area contributed by atoms with E-state index in [1.54, 1.807) is 0 Å². The Morgan fingerprint density at radius 1 is 1.25 bits per heavy atom. The highest BCUT2D eigenvalue weighted by atomic mass is 32.2. The van der Waals surface area contributed by atoms with Crippen LogP contribution in [0.4, 0.5) is 0 Å². The van der Waals surface area contributed by atoms with Crippen molar-refractivity contribution >= 4 is 16.0 Å². The maximum absolute atomic E-state index is 12.5. The van der Waals surface area contributed by atoms with Crippen LogP contribution in [0.25, 0.3) is 0 Å². The van der Waals surface area contributed by atoms with Crippen molar-refractivity contribution in [3.63, 3.8) is 0 Å². The van der Waals surface area contributed by atoms with Gasteiger partial charge in [-0.15, -0.1) is 0 Å². The number of sulfonamides is 1. The van der Waals surface area contributed by atoms with Crippen molar-refractivity contribution in [1.29, 1.82) is 0 Å². The molecule has 2 aliphatic rings. The summed E-state index contributed by atoms with van der Waals surface area (Å²) in [6, 6.07) is -0.161. The fraction of sp³-hybridized carbons (Fsp3) is 0.923. The van der Waals surface area contributed by atoms with E-state index in [0.717, 1.165) is 32.1 Å². The Labute approximate surface area is 120 Å². The number of carboxylic acid groups (broad SMARTS) is 1. The van der Waals surface area contributed by atoms with E-state index in [9.17, 15) is 13.2 Å². The molecule has 2 rings (SSSR count). The summed E-state index contributed by atoms with van der Waals surface area (Å²) >= 11 is 0. The van der Waals surface area contributed by atoms with Gasteiger partial charge in [-0.3, -0.25) is 4.79 Å². The summed E-state index contributed by atoms with van der Waals surface area (Å²) in [7, 11) is -3.35. The molecule has 0 bridgehead atoms. The van der Waals surface area contributed by atoms with Crippen LogP contribution in [-0.4, -0.2) is 54.8 Å². The molecular weight excluding hydrogens is 282 g/mol. The number of aliphatic carboxylic acids is 1. The Kier molecular flexibility index (Phi) is 5.40. The molecule has 0 saturated carbocycles. The first-order valence-corrected chi connectivity index (χ1v) is 8.93. The lowest BCUT2D eigenvalue weighted by Crippen LogP contribution is -2.46. The maximum Gasteiger partial charge on any atom is 0.303 e. The van der Waals surface area contributed by atoms with E-state index in [1.807, 2.05) is 0 Å². The number of hydrogen-bond acceptors (Lipinski definition) is 4. The van der Waals surface area contributed by atoms with Crippen LogP contribution in [0, 0.1) is 0 Å². The van der Waals surface area contributed by atoms with Crippen LogP contribution in [0.15, 0.2) is 0 Å². The van der Waals surface area contributed by atoms with Crippen LogP contribution in [0.1, 0.15) is 44.9 Å². The van der Waals surface area contributed by atoms with Crippen molar-refractivity contribution in [2.45, 2.75) is 57.1 Å². The molecule has 2 saturated heterocycles. The van der Waals surface area contributed by atoms with Crippen molar-refractivity contribution < 1.29 is 23.1 Å². The van der Waals surface area contributed by atoms with Gasteiger partial charge in [-0.2, -0.15) is 4.31 Å². The molecule has 0 aromatic carbocycles. The molecule has 1 N–H and O–H groups in total. The summed E-state index contributed by atoms with van der Waals surface area (Å²) in [4.78, 5) is 10.7. The van der Waals surface area contributed by atoms with Crippen LogP contribution >= 0.6 is 0 Å². The summed E-state index contributed by atoms with van der Waals surface area (Å²) < 4.78 is 31.9. The first kappa shape index (κ1) is 15.7. The average Bonchev–Trinajstić information content (AvgIpc) is 2.88. The van der Waals surface area contributed by atoms with Gasteiger partial charge < -0.3 is 9.84 Å². The molecular formula is C13H23NO5S. The Bertz CT molecular complexity index is 430. The van der Waals surface area contributed by atoms with Crippen molar-refractivity contribution in [3.05, 3.63) is 0 Å². The van der Waals surface area contributed by atoms with E-state index in [0.29, 0.717) is 19.6 Å². The van der Waals surface area contributed by atoms with Crippen molar-refractivity contribution in [3.8, 4) is 0 Å². The lowest BCUT2D eigenvalue weighted by atomic mass is 10.0.